The first-order valence-corrected chi connectivity index (χ1v) is 6.23. The Bertz CT molecular complexity index is 560. The summed E-state index contributed by atoms with van der Waals surface area (Å²) in [5, 5.41) is 9.66. The topological polar surface area (TPSA) is 72.2 Å². The molecule has 0 fully saturated rings. The maximum atomic E-state index is 11.9. The summed E-state index contributed by atoms with van der Waals surface area (Å²) in [6.07, 6.45) is 5.13. The molecule has 6 heteroatoms. The number of thiophene rings is 1. The van der Waals surface area contributed by atoms with Crippen LogP contribution < -0.4 is 0 Å². The normalized spacial score (nSPS) is 12.3. The summed E-state index contributed by atoms with van der Waals surface area (Å²) in [6.45, 7) is 1.53. The lowest BCUT2D eigenvalue weighted by Crippen LogP contribution is -2.13. The number of aromatic nitrogens is 2. The van der Waals surface area contributed by atoms with E-state index in [1.54, 1.807) is 24.8 Å². The monoisotopic (exact) mass is 264 g/mol. The fraction of sp³-hybridized carbons (Fsp3) is 0.250. The SMILES string of the molecule is CC(CC(=O)c1ccc(-n2ccnc2)s1)C(=O)O. The van der Waals surface area contributed by atoms with E-state index in [0.29, 0.717) is 4.88 Å². The Morgan fingerprint density at radius 2 is 2.28 bits per heavy atom. The van der Waals surface area contributed by atoms with Gasteiger partial charge in [0.2, 0.25) is 0 Å². The highest BCUT2D eigenvalue weighted by molar-refractivity contribution is 7.16. The molecule has 2 aromatic rings. The second kappa shape index (κ2) is 5.14. The van der Waals surface area contributed by atoms with Crippen LogP contribution in [-0.4, -0.2) is 26.4 Å². The van der Waals surface area contributed by atoms with Crippen LogP contribution in [0, 0.1) is 5.92 Å². The van der Waals surface area contributed by atoms with Gasteiger partial charge < -0.3 is 5.11 Å². The zero-order chi connectivity index (χ0) is 13.1. The largest absolute Gasteiger partial charge is 0.481 e. The highest BCUT2D eigenvalue weighted by atomic mass is 32.1. The second-order valence-corrected chi connectivity index (χ2v) is 5.04. The minimum absolute atomic E-state index is 0.0270. The Hall–Kier alpha value is -1.95. The quantitative estimate of drug-likeness (QED) is 0.840. The first-order chi connectivity index (χ1) is 8.58. The third kappa shape index (κ3) is 2.65. The van der Waals surface area contributed by atoms with Crippen LogP contribution in [0.2, 0.25) is 0 Å². The Balaban J connectivity index is 2.11. The molecule has 0 amide bonds. The molecule has 2 aromatic heterocycles. The molecule has 0 saturated heterocycles. The van der Waals surface area contributed by atoms with Gasteiger partial charge in [0.15, 0.2) is 5.78 Å². The molecular formula is C12H12N2O3S. The fourth-order valence-corrected chi connectivity index (χ4v) is 2.38. The molecule has 94 valence electrons. The molecule has 0 aliphatic rings. The number of carboxylic acid groups (broad SMARTS) is 1. The summed E-state index contributed by atoms with van der Waals surface area (Å²) >= 11 is 1.33. The molecule has 0 aromatic carbocycles. The van der Waals surface area contributed by atoms with Gasteiger partial charge in [-0.05, 0) is 12.1 Å². The maximum Gasteiger partial charge on any atom is 0.306 e. The number of hydrogen-bond acceptors (Lipinski definition) is 4. The van der Waals surface area contributed by atoms with Gasteiger partial charge >= 0.3 is 5.97 Å². The molecule has 2 rings (SSSR count). The molecule has 0 aliphatic carbocycles. The van der Waals surface area contributed by atoms with E-state index >= 15 is 0 Å². The molecule has 5 nitrogen and oxygen atoms in total. The van der Waals surface area contributed by atoms with Gasteiger partial charge in [0, 0.05) is 18.8 Å². The Morgan fingerprint density at radius 1 is 1.50 bits per heavy atom. The lowest BCUT2D eigenvalue weighted by atomic mass is 10.0. The number of carbonyl (C=O) groups is 2. The van der Waals surface area contributed by atoms with Gasteiger partial charge in [-0.3, -0.25) is 14.2 Å². The molecule has 2 heterocycles. The second-order valence-electron chi connectivity index (χ2n) is 3.97. The lowest BCUT2D eigenvalue weighted by Gasteiger charge is -2.02. The van der Waals surface area contributed by atoms with Crippen LogP contribution in [0.15, 0.2) is 30.9 Å². The molecule has 1 atom stereocenters. The molecule has 1 unspecified atom stereocenters. The summed E-state index contributed by atoms with van der Waals surface area (Å²) in [6, 6.07) is 3.54. The predicted molar refractivity (Wildman–Crippen MR) is 67.2 cm³/mol. The molecule has 0 aliphatic heterocycles. The van der Waals surface area contributed by atoms with Crippen molar-refractivity contribution >= 4 is 23.1 Å². The van der Waals surface area contributed by atoms with Crippen LogP contribution in [0.25, 0.3) is 5.00 Å². The van der Waals surface area contributed by atoms with Crippen LogP contribution in [0.1, 0.15) is 23.0 Å². The fourth-order valence-electron chi connectivity index (χ4n) is 1.47. The van der Waals surface area contributed by atoms with Crippen LogP contribution in [0.3, 0.4) is 0 Å². The predicted octanol–water partition coefficient (Wildman–Crippen LogP) is 2.23. The van der Waals surface area contributed by atoms with Gasteiger partial charge in [0.25, 0.3) is 0 Å². The van der Waals surface area contributed by atoms with Crippen molar-refractivity contribution in [3.63, 3.8) is 0 Å². The molecule has 1 N–H and O–H groups in total. The smallest absolute Gasteiger partial charge is 0.306 e. The van der Waals surface area contributed by atoms with E-state index in [4.69, 9.17) is 5.11 Å². The highest BCUT2D eigenvalue weighted by Crippen LogP contribution is 2.23. The number of ketones is 1. The molecule has 0 saturated carbocycles. The van der Waals surface area contributed by atoms with Gasteiger partial charge in [0.1, 0.15) is 5.00 Å². The third-order valence-electron chi connectivity index (χ3n) is 2.54. The number of hydrogen-bond donors (Lipinski definition) is 1. The summed E-state index contributed by atoms with van der Waals surface area (Å²) < 4.78 is 1.81. The Kier molecular flexibility index (Phi) is 3.57. The van der Waals surface area contributed by atoms with E-state index in [0.717, 1.165) is 5.00 Å². The highest BCUT2D eigenvalue weighted by Gasteiger charge is 2.18. The molecule has 0 bridgehead atoms. The van der Waals surface area contributed by atoms with E-state index < -0.39 is 11.9 Å². The van der Waals surface area contributed by atoms with E-state index in [1.165, 1.54) is 18.3 Å². The molecular weight excluding hydrogens is 252 g/mol. The van der Waals surface area contributed by atoms with Crippen molar-refractivity contribution in [2.24, 2.45) is 5.92 Å². The van der Waals surface area contributed by atoms with Gasteiger partial charge in [-0.15, -0.1) is 11.3 Å². The molecule has 18 heavy (non-hydrogen) atoms. The number of aliphatic carboxylic acids is 1. The lowest BCUT2D eigenvalue weighted by molar-refractivity contribution is -0.141. The van der Waals surface area contributed by atoms with E-state index in [2.05, 4.69) is 4.98 Å². The van der Waals surface area contributed by atoms with Gasteiger partial charge in [0.05, 0.1) is 17.1 Å². The number of imidazole rings is 1. The van der Waals surface area contributed by atoms with Gasteiger partial charge in [-0.25, -0.2) is 4.98 Å². The minimum atomic E-state index is -0.949. The van der Waals surface area contributed by atoms with Crippen LogP contribution in [0.5, 0.6) is 0 Å². The molecule has 0 radical (unpaired) electrons. The van der Waals surface area contributed by atoms with E-state index in [-0.39, 0.29) is 12.2 Å². The van der Waals surface area contributed by atoms with E-state index in [1.807, 2.05) is 10.6 Å². The van der Waals surface area contributed by atoms with Crippen molar-refractivity contribution in [3.8, 4) is 5.00 Å². The summed E-state index contributed by atoms with van der Waals surface area (Å²) in [7, 11) is 0. The number of Topliss-reactive ketones (excluding diaryl/α,β-unsaturated/α-hetero) is 1. The summed E-state index contributed by atoms with van der Waals surface area (Å²) in [4.78, 5) is 27.1. The van der Waals surface area contributed by atoms with Crippen molar-refractivity contribution in [2.45, 2.75) is 13.3 Å². The van der Waals surface area contributed by atoms with E-state index in [9.17, 15) is 9.59 Å². The van der Waals surface area contributed by atoms with Crippen molar-refractivity contribution in [3.05, 3.63) is 35.7 Å². The number of carboxylic acids is 1. The zero-order valence-electron chi connectivity index (χ0n) is 9.74. The van der Waals surface area contributed by atoms with Crippen molar-refractivity contribution in [1.29, 1.82) is 0 Å². The minimum Gasteiger partial charge on any atom is -0.481 e. The summed E-state index contributed by atoms with van der Waals surface area (Å²) in [5.41, 5.74) is 0. The first kappa shape index (κ1) is 12.5. The Morgan fingerprint density at radius 3 is 2.89 bits per heavy atom. The molecule has 0 spiro atoms. The summed E-state index contributed by atoms with van der Waals surface area (Å²) in [5.74, 6) is -1.74. The third-order valence-corrected chi connectivity index (χ3v) is 3.68. The standard InChI is InChI=1S/C12H12N2O3S/c1-8(12(16)17)6-9(15)10-2-3-11(18-10)14-5-4-13-7-14/h2-5,7-8H,6H2,1H3,(H,16,17). The van der Waals surface area contributed by atoms with Gasteiger partial charge in [-0.1, -0.05) is 6.92 Å². The van der Waals surface area contributed by atoms with Crippen molar-refractivity contribution < 1.29 is 14.7 Å². The number of carbonyl (C=O) groups excluding carboxylic acids is 1. The number of rotatable bonds is 5. The first-order valence-electron chi connectivity index (χ1n) is 5.42. The maximum absolute atomic E-state index is 11.9. The average Bonchev–Trinajstić information content (AvgIpc) is 2.99. The average molecular weight is 264 g/mol. The van der Waals surface area contributed by atoms with Crippen molar-refractivity contribution in [1.82, 2.24) is 9.55 Å². The number of nitrogens with zero attached hydrogens (tertiary/aromatic N) is 2. The van der Waals surface area contributed by atoms with Crippen LogP contribution >= 0.6 is 11.3 Å². The van der Waals surface area contributed by atoms with Crippen LogP contribution in [0.4, 0.5) is 0 Å². The van der Waals surface area contributed by atoms with Crippen LogP contribution in [-0.2, 0) is 4.79 Å². The van der Waals surface area contributed by atoms with Gasteiger partial charge in [-0.2, -0.15) is 0 Å². The van der Waals surface area contributed by atoms with Crippen molar-refractivity contribution in [2.75, 3.05) is 0 Å². The Labute approximate surface area is 108 Å². The zero-order valence-corrected chi connectivity index (χ0v) is 10.6.